The predicted octanol–water partition coefficient (Wildman–Crippen LogP) is 4.48. The van der Waals surface area contributed by atoms with Gasteiger partial charge in [-0.25, -0.2) is 19.9 Å². The molecular weight excluding hydrogens is 362 g/mol. The molecular formula is C19H23N5S2. The summed E-state index contributed by atoms with van der Waals surface area (Å²) in [5, 5.41) is 2.86. The lowest BCUT2D eigenvalue weighted by molar-refractivity contribution is 0.181. The number of aromatic nitrogens is 4. The van der Waals surface area contributed by atoms with Crippen LogP contribution in [-0.2, 0) is 6.54 Å². The van der Waals surface area contributed by atoms with Gasteiger partial charge in [-0.2, -0.15) is 0 Å². The predicted molar refractivity (Wildman–Crippen MR) is 107 cm³/mol. The second-order valence-electron chi connectivity index (χ2n) is 7.00. The van der Waals surface area contributed by atoms with Gasteiger partial charge in [0.2, 0.25) is 0 Å². The summed E-state index contributed by atoms with van der Waals surface area (Å²) in [5.74, 6) is 1.74. The van der Waals surface area contributed by atoms with E-state index in [2.05, 4.69) is 35.6 Å². The monoisotopic (exact) mass is 385 g/mol. The van der Waals surface area contributed by atoms with E-state index in [9.17, 15) is 0 Å². The number of likely N-dealkylation sites (tertiary alicyclic amines) is 1. The highest BCUT2D eigenvalue weighted by molar-refractivity contribution is 7.99. The fourth-order valence-corrected chi connectivity index (χ4v) is 5.26. The molecule has 3 aromatic rings. The van der Waals surface area contributed by atoms with Gasteiger partial charge >= 0.3 is 0 Å². The van der Waals surface area contributed by atoms with E-state index in [0.29, 0.717) is 0 Å². The molecule has 0 amide bonds. The van der Waals surface area contributed by atoms with Gasteiger partial charge in [0, 0.05) is 22.7 Å². The number of aryl methyl sites for hydroxylation is 2. The summed E-state index contributed by atoms with van der Waals surface area (Å²) < 4.78 is 0. The molecule has 0 bridgehead atoms. The van der Waals surface area contributed by atoms with Gasteiger partial charge in [0.05, 0.1) is 6.54 Å². The molecule has 0 spiro atoms. The SMILES string of the molecule is Cc1sc2nc(CN3CCC(C)CC3)nc(Sc3ncccn3)c2c1C. The van der Waals surface area contributed by atoms with Crippen LogP contribution in [0.5, 0.6) is 0 Å². The molecule has 4 rings (SSSR count). The van der Waals surface area contributed by atoms with E-state index in [1.165, 1.54) is 35.0 Å². The molecule has 0 N–H and O–H groups in total. The summed E-state index contributed by atoms with van der Waals surface area (Å²) in [6.45, 7) is 9.73. The van der Waals surface area contributed by atoms with Crippen LogP contribution in [0.3, 0.4) is 0 Å². The molecule has 0 aliphatic carbocycles. The number of thiophene rings is 1. The van der Waals surface area contributed by atoms with Crippen molar-refractivity contribution in [3.63, 3.8) is 0 Å². The lowest BCUT2D eigenvalue weighted by atomic mass is 9.99. The Kier molecular flexibility index (Phi) is 5.20. The first-order valence-electron chi connectivity index (χ1n) is 9.04. The Balaban J connectivity index is 1.68. The lowest BCUT2D eigenvalue weighted by Gasteiger charge is -2.29. The largest absolute Gasteiger partial charge is 0.296 e. The third kappa shape index (κ3) is 3.75. The molecule has 0 saturated carbocycles. The summed E-state index contributed by atoms with van der Waals surface area (Å²) >= 11 is 3.29. The third-order valence-corrected chi connectivity index (χ3v) is 7.00. The molecule has 5 nitrogen and oxygen atoms in total. The molecule has 3 aromatic heterocycles. The smallest absolute Gasteiger partial charge is 0.193 e. The van der Waals surface area contributed by atoms with Crippen LogP contribution < -0.4 is 0 Å². The summed E-state index contributed by atoms with van der Waals surface area (Å²) in [7, 11) is 0. The van der Waals surface area contributed by atoms with Crippen LogP contribution in [0.25, 0.3) is 10.2 Å². The number of nitrogens with zero attached hydrogens (tertiary/aromatic N) is 5. The van der Waals surface area contributed by atoms with Gasteiger partial charge in [0.25, 0.3) is 0 Å². The zero-order valence-corrected chi connectivity index (χ0v) is 17.0. The average molecular weight is 386 g/mol. The molecule has 4 heterocycles. The number of fused-ring (bicyclic) bond motifs is 1. The first kappa shape index (κ1) is 17.8. The number of hydrogen-bond acceptors (Lipinski definition) is 7. The first-order chi connectivity index (χ1) is 12.6. The van der Waals surface area contributed by atoms with Crippen LogP contribution in [0.4, 0.5) is 0 Å². The van der Waals surface area contributed by atoms with Crippen LogP contribution >= 0.6 is 23.1 Å². The van der Waals surface area contributed by atoms with Crippen molar-refractivity contribution in [1.82, 2.24) is 24.8 Å². The molecule has 1 aliphatic rings. The minimum absolute atomic E-state index is 0.730. The number of piperidine rings is 1. The average Bonchev–Trinajstić information content (AvgIpc) is 2.92. The van der Waals surface area contributed by atoms with Crippen LogP contribution in [0.1, 0.15) is 36.0 Å². The van der Waals surface area contributed by atoms with Gasteiger partial charge in [-0.15, -0.1) is 11.3 Å². The Morgan fingerprint density at radius 3 is 2.62 bits per heavy atom. The maximum absolute atomic E-state index is 4.92. The third-order valence-electron chi connectivity index (χ3n) is 5.01. The molecule has 7 heteroatoms. The van der Waals surface area contributed by atoms with Crippen molar-refractivity contribution in [2.45, 2.75) is 50.3 Å². The quantitative estimate of drug-likeness (QED) is 0.487. The molecule has 0 unspecified atom stereocenters. The molecule has 1 aliphatic heterocycles. The Morgan fingerprint density at radius 1 is 1.15 bits per heavy atom. The summed E-state index contributed by atoms with van der Waals surface area (Å²) in [4.78, 5) is 23.4. The molecule has 1 fully saturated rings. The van der Waals surface area contributed by atoms with Gasteiger partial charge < -0.3 is 0 Å². The van der Waals surface area contributed by atoms with Crippen molar-refractivity contribution in [1.29, 1.82) is 0 Å². The molecule has 136 valence electrons. The van der Waals surface area contributed by atoms with E-state index in [0.717, 1.165) is 51.8 Å². The molecule has 26 heavy (non-hydrogen) atoms. The second kappa shape index (κ2) is 7.58. The van der Waals surface area contributed by atoms with E-state index in [4.69, 9.17) is 9.97 Å². The van der Waals surface area contributed by atoms with Gasteiger partial charge in [-0.3, -0.25) is 4.90 Å². The Bertz CT molecular complexity index is 901. The fourth-order valence-electron chi connectivity index (χ4n) is 3.24. The zero-order valence-electron chi connectivity index (χ0n) is 15.4. The minimum atomic E-state index is 0.730. The maximum atomic E-state index is 4.92. The molecule has 1 saturated heterocycles. The molecule has 0 atom stereocenters. The van der Waals surface area contributed by atoms with Gasteiger partial charge in [0.15, 0.2) is 5.16 Å². The highest BCUT2D eigenvalue weighted by Gasteiger charge is 2.20. The van der Waals surface area contributed by atoms with Crippen LogP contribution in [0.15, 0.2) is 28.6 Å². The maximum Gasteiger partial charge on any atom is 0.193 e. The highest BCUT2D eigenvalue weighted by atomic mass is 32.2. The zero-order chi connectivity index (χ0) is 18.1. The molecule has 0 aromatic carbocycles. The summed E-state index contributed by atoms with van der Waals surface area (Å²) in [5.41, 5.74) is 1.27. The van der Waals surface area contributed by atoms with E-state index in [1.807, 2.05) is 6.07 Å². The number of hydrogen-bond donors (Lipinski definition) is 0. The Hall–Kier alpha value is -1.57. The number of rotatable bonds is 4. The van der Waals surface area contributed by atoms with Crippen molar-refractivity contribution in [2.24, 2.45) is 5.92 Å². The van der Waals surface area contributed by atoms with E-state index >= 15 is 0 Å². The van der Waals surface area contributed by atoms with Crippen LogP contribution in [-0.4, -0.2) is 37.9 Å². The standard InChI is InChI=1S/C19H23N5S2/c1-12-5-9-24(10-6-12)11-15-22-17-16(13(2)14(3)25-17)18(23-15)26-19-20-7-4-8-21-19/h4,7-8,12H,5-6,9-11H2,1-3H3. The van der Waals surface area contributed by atoms with Crippen molar-refractivity contribution in [3.05, 3.63) is 34.7 Å². The Morgan fingerprint density at radius 2 is 1.88 bits per heavy atom. The van der Waals surface area contributed by atoms with Crippen molar-refractivity contribution in [3.8, 4) is 0 Å². The first-order valence-corrected chi connectivity index (χ1v) is 10.7. The molecule has 0 radical (unpaired) electrons. The lowest BCUT2D eigenvalue weighted by Crippen LogP contribution is -2.33. The van der Waals surface area contributed by atoms with E-state index in [-0.39, 0.29) is 0 Å². The van der Waals surface area contributed by atoms with Crippen molar-refractivity contribution >= 4 is 33.3 Å². The van der Waals surface area contributed by atoms with E-state index in [1.54, 1.807) is 23.7 Å². The van der Waals surface area contributed by atoms with Crippen LogP contribution in [0, 0.1) is 19.8 Å². The van der Waals surface area contributed by atoms with Crippen LogP contribution in [0.2, 0.25) is 0 Å². The second-order valence-corrected chi connectivity index (χ2v) is 9.16. The van der Waals surface area contributed by atoms with Gasteiger partial charge in [-0.05, 0) is 69.1 Å². The van der Waals surface area contributed by atoms with E-state index < -0.39 is 0 Å². The van der Waals surface area contributed by atoms with Crippen molar-refractivity contribution in [2.75, 3.05) is 13.1 Å². The normalized spacial score (nSPS) is 16.4. The van der Waals surface area contributed by atoms with Gasteiger partial charge in [-0.1, -0.05) is 6.92 Å². The minimum Gasteiger partial charge on any atom is -0.296 e. The summed E-state index contributed by atoms with van der Waals surface area (Å²) in [6, 6.07) is 1.84. The fraction of sp³-hybridized carbons (Fsp3) is 0.474. The Labute approximate surface area is 162 Å². The highest BCUT2D eigenvalue weighted by Crippen LogP contribution is 2.37. The topological polar surface area (TPSA) is 54.8 Å². The van der Waals surface area contributed by atoms with Gasteiger partial charge in [0.1, 0.15) is 15.7 Å². The summed E-state index contributed by atoms with van der Waals surface area (Å²) in [6.07, 6.45) is 6.07. The van der Waals surface area contributed by atoms with Crippen molar-refractivity contribution < 1.29 is 0 Å².